The van der Waals surface area contributed by atoms with E-state index in [1.807, 2.05) is 20.8 Å². The van der Waals surface area contributed by atoms with Crippen LogP contribution in [0.3, 0.4) is 0 Å². The van der Waals surface area contributed by atoms with Crippen LogP contribution in [0.25, 0.3) is 0 Å². The molecule has 2 nitrogen and oxygen atoms in total. The lowest BCUT2D eigenvalue weighted by molar-refractivity contribution is -0.0218. The van der Waals surface area contributed by atoms with Gasteiger partial charge in [0.25, 0.3) is 0 Å². The Balaban J connectivity index is 2.64. The van der Waals surface area contributed by atoms with Gasteiger partial charge in [0.05, 0.1) is 12.7 Å². The smallest absolute Gasteiger partial charge is 0.164 e. The van der Waals surface area contributed by atoms with E-state index in [0.29, 0.717) is 5.92 Å². The second kappa shape index (κ2) is 6.07. The number of hydrogen-bond acceptors (Lipinski definition) is 2. The zero-order valence-electron chi connectivity index (χ0n) is 10.3. The van der Waals surface area contributed by atoms with E-state index in [0.717, 1.165) is 6.07 Å². The minimum Gasteiger partial charge on any atom is -0.386 e. The van der Waals surface area contributed by atoms with Crippen molar-refractivity contribution in [3.05, 3.63) is 35.4 Å². The van der Waals surface area contributed by atoms with Gasteiger partial charge in [-0.1, -0.05) is 26.0 Å². The second-order valence-corrected chi connectivity index (χ2v) is 4.44. The van der Waals surface area contributed by atoms with Crippen molar-refractivity contribution in [1.82, 2.24) is 0 Å². The molecule has 0 aliphatic carbocycles. The maximum absolute atomic E-state index is 13.3. The predicted octanol–water partition coefficient (Wildman–Crippen LogP) is 3.06. The number of aliphatic hydroxyl groups is 1. The van der Waals surface area contributed by atoms with Gasteiger partial charge in [0, 0.05) is 5.56 Å². The summed E-state index contributed by atoms with van der Waals surface area (Å²) in [6.07, 6.45) is -1.19. The normalized spacial score (nSPS) is 15.0. The van der Waals surface area contributed by atoms with Gasteiger partial charge in [0.1, 0.15) is 6.10 Å². The van der Waals surface area contributed by atoms with Crippen molar-refractivity contribution in [2.45, 2.75) is 33.0 Å². The fraction of sp³-hybridized carbons (Fsp3) is 0.538. The third-order valence-electron chi connectivity index (χ3n) is 2.80. The van der Waals surface area contributed by atoms with Crippen molar-refractivity contribution >= 4 is 0 Å². The van der Waals surface area contributed by atoms with Gasteiger partial charge in [0.2, 0.25) is 0 Å². The SMILES string of the molecule is CC(C)C(C)OCC(O)c1cccc(F)c1F. The molecule has 0 bridgehead atoms. The topological polar surface area (TPSA) is 29.5 Å². The van der Waals surface area contributed by atoms with Crippen molar-refractivity contribution in [1.29, 1.82) is 0 Å². The van der Waals surface area contributed by atoms with E-state index >= 15 is 0 Å². The molecule has 2 unspecified atom stereocenters. The lowest BCUT2D eigenvalue weighted by atomic mass is 10.1. The van der Waals surface area contributed by atoms with Crippen LogP contribution in [0.5, 0.6) is 0 Å². The average Bonchev–Trinajstić information content (AvgIpc) is 2.29. The van der Waals surface area contributed by atoms with E-state index in [4.69, 9.17) is 4.74 Å². The molecule has 17 heavy (non-hydrogen) atoms. The lowest BCUT2D eigenvalue weighted by Gasteiger charge is -2.19. The molecule has 1 N–H and O–H groups in total. The summed E-state index contributed by atoms with van der Waals surface area (Å²) in [5.74, 6) is -1.67. The molecule has 1 aromatic carbocycles. The van der Waals surface area contributed by atoms with Crippen LogP contribution in [-0.2, 0) is 4.74 Å². The maximum atomic E-state index is 13.3. The monoisotopic (exact) mass is 244 g/mol. The Morgan fingerprint density at radius 1 is 1.24 bits per heavy atom. The third-order valence-corrected chi connectivity index (χ3v) is 2.80. The van der Waals surface area contributed by atoms with E-state index in [2.05, 4.69) is 0 Å². The fourth-order valence-electron chi connectivity index (χ4n) is 1.30. The molecule has 1 rings (SSSR count). The van der Waals surface area contributed by atoms with Crippen LogP contribution in [-0.4, -0.2) is 17.8 Å². The van der Waals surface area contributed by atoms with Crippen molar-refractivity contribution in [2.24, 2.45) is 5.92 Å². The van der Waals surface area contributed by atoms with Crippen LogP contribution in [0, 0.1) is 17.6 Å². The van der Waals surface area contributed by atoms with Crippen LogP contribution < -0.4 is 0 Å². The highest BCUT2D eigenvalue weighted by Gasteiger charge is 2.17. The molecule has 0 aliphatic heterocycles. The third kappa shape index (κ3) is 3.75. The zero-order chi connectivity index (χ0) is 13.0. The summed E-state index contributed by atoms with van der Waals surface area (Å²) in [4.78, 5) is 0. The van der Waals surface area contributed by atoms with Crippen LogP contribution in [0.2, 0.25) is 0 Å². The fourth-order valence-corrected chi connectivity index (χ4v) is 1.30. The number of ether oxygens (including phenoxy) is 1. The van der Waals surface area contributed by atoms with Crippen molar-refractivity contribution in [3.8, 4) is 0 Å². The number of rotatable bonds is 5. The number of benzene rings is 1. The van der Waals surface area contributed by atoms with Gasteiger partial charge in [-0.25, -0.2) is 8.78 Å². The first-order chi connectivity index (χ1) is 7.93. The molecule has 0 fully saturated rings. The van der Waals surface area contributed by atoms with Gasteiger partial charge in [-0.15, -0.1) is 0 Å². The molecule has 96 valence electrons. The second-order valence-electron chi connectivity index (χ2n) is 4.44. The standard InChI is InChI=1S/C13H18F2O2/c1-8(2)9(3)17-7-12(16)10-5-4-6-11(14)13(10)15/h4-6,8-9,12,16H,7H2,1-3H3. The Bertz CT molecular complexity index is 366. The highest BCUT2D eigenvalue weighted by Crippen LogP contribution is 2.20. The average molecular weight is 244 g/mol. The summed E-state index contributed by atoms with van der Waals surface area (Å²) in [6, 6.07) is 3.73. The first-order valence-corrected chi connectivity index (χ1v) is 5.67. The minimum atomic E-state index is -1.15. The largest absolute Gasteiger partial charge is 0.386 e. The molecule has 0 radical (unpaired) electrons. The van der Waals surface area contributed by atoms with Crippen molar-refractivity contribution < 1.29 is 18.6 Å². The van der Waals surface area contributed by atoms with E-state index in [1.54, 1.807) is 0 Å². The van der Waals surface area contributed by atoms with E-state index in [1.165, 1.54) is 12.1 Å². The van der Waals surface area contributed by atoms with E-state index in [9.17, 15) is 13.9 Å². The number of hydrogen-bond donors (Lipinski definition) is 1. The van der Waals surface area contributed by atoms with E-state index in [-0.39, 0.29) is 18.3 Å². The molecule has 0 saturated carbocycles. The molecule has 0 aliphatic rings. The molecule has 4 heteroatoms. The quantitative estimate of drug-likeness (QED) is 0.862. The summed E-state index contributed by atoms with van der Waals surface area (Å²) < 4.78 is 31.7. The van der Waals surface area contributed by atoms with Gasteiger partial charge < -0.3 is 9.84 Å². The predicted molar refractivity (Wildman–Crippen MR) is 61.6 cm³/mol. The summed E-state index contributed by atoms with van der Waals surface area (Å²) in [5, 5.41) is 9.72. The Labute approximate surface area is 100 Å². The molecule has 0 heterocycles. The van der Waals surface area contributed by atoms with Crippen LogP contribution in [0.1, 0.15) is 32.4 Å². The van der Waals surface area contributed by atoms with Gasteiger partial charge in [-0.05, 0) is 18.9 Å². The van der Waals surface area contributed by atoms with Crippen LogP contribution >= 0.6 is 0 Å². The highest BCUT2D eigenvalue weighted by atomic mass is 19.2. The minimum absolute atomic E-state index is 0.0405. The molecule has 0 spiro atoms. The number of halogens is 2. The first-order valence-electron chi connectivity index (χ1n) is 5.67. The molecule has 1 aromatic rings. The molecule has 0 aromatic heterocycles. The maximum Gasteiger partial charge on any atom is 0.164 e. The van der Waals surface area contributed by atoms with Crippen molar-refractivity contribution in [3.63, 3.8) is 0 Å². The molecule has 0 amide bonds. The van der Waals surface area contributed by atoms with E-state index < -0.39 is 17.7 Å². The number of aliphatic hydroxyl groups excluding tert-OH is 1. The molecule has 0 saturated heterocycles. The van der Waals surface area contributed by atoms with Crippen LogP contribution in [0.4, 0.5) is 8.78 Å². The molecular formula is C13H18F2O2. The zero-order valence-corrected chi connectivity index (χ0v) is 10.3. The van der Waals surface area contributed by atoms with Gasteiger partial charge >= 0.3 is 0 Å². The summed E-state index contributed by atoms with van der Waals surface area (Å²) in [7, 11) is 0. The highest BCUT2D eigenvalue weighted by molar-refractivity contribution is 5.21. The molecule has 2 atom stereocenters. The summed E-state index contributed by atoms with van der Waals surface area (Å²) >= 11 is 0. The van der Waals surface area contributed by atoms with Gasteiger partial charge in [0.15, 0.2) is 11.6 Å². The summed E-state index contributed by atoms with van der Waals surface area (Å²) in [6.45, 7) is 5.80. The van der Waals surface area contributed by atoms with Gasteiger partial charge in [-0.2, -0.15) is 0 Å². The van der Waals surface area contributed by atoms with Crippen LogP contribution in [0.15, 0.2) is 18.2 Å². The first kappa shape index (κ1) is 14.1. The Kier molecular flexibility index (Phi) is 5.02. The Morgan fingerprint density at radius 3 is 2.47 bits per heavy atom. The van der Waals surface area contributed by atoms with Gasteiger partial charge in [-0.3, -0.25) is 0 Å². The van der Waals surface area contributed by atoms with Crippen molar-refractivity contribution in [2.75, 3.05) is 6.61 Å². The molecular weight excluding hydrogens is 226 g/mol. The summed E-state index contributed by atoms with van der Waals surface area (Å²) in [5.41, 5.74) is -0.0686. The Hall–Kier alpha value is -1.00. The lowest BCUT2D eigenvalue weighted by Crippen LogP contribution is -2.20. The Morgan fingerprint density at radius 2 is 1.88 bits per heavy atom.